The topological polar surface area (TPSA) is 99.4 Å². The van der Waals surface area contributed by atoms with E-state index in [0.29, 0.717) is 17.5 Å². The molecule has 2 atom stereocenters. The van der Waals surface area contributed by atoms with Crippen LogP contribution in [0.15, 0.2) is 30.3 Å². The molecule has 27 heavy (non-hydrogen) atoms. The lowest BCUT2D eigenvalue weighted by Gasteiger charge is -2.20. The highest BCUT2D eigenvalue weighted by Crippen LogP contribution is 2.41. The van der Waals surface area contributed by atoms with E-state index in [1.54, 1.807) is 0 Å². The van der Waals surface area contributed by atoms with Gasteiger partial charge in [0.2, 0.25) is 0 Å². The molecule has 1 heterocycles. The lowest BCUT2D eigenvalue weighted by molar-refractivity contribution is -0.0725. The van der Waals surface area contributed by atoms with Gasteiger partial charge in [-0.2, -0.15) is 0 Å². The van der Waals surface area contributed by atoms with Gasteiger partial charge in [0.1, 0.15) is 23.7 Å². The van der Waals surface area contributed by atoms with E-state index in [9.17, 15) is 20.4 Å². The molecule has 0 spiro atoms. The van der Waals surface area contributed by atoms with Crippen LogP contribution < -0.4 is 0 Å². The lowest BCUT2D eigenvalue weighted by Crippen LogP contribution is -2.29. The van der Waals surface area contributed by atoms with Crippen molar-refractivity contribution in [3.8, 4) is 22.6 Å². The molecule has 6 heteroatoms. The zero-order valence-corrected chi connectivity index (χ0v) is 15.6. The molecule has 0 aromatic heterocycles. The molecule has 0 radical (unpaired) electrons. The molecule has 1 aliphatic rings. The third kappa shape index (κ3) is 3.94. The maximum absolute atomic E-state index is 10.6. The van der Waals surface area contributed by atoms with Crippen LogP contribution in [0.4, 0.5) is 0 Å². The standard InChI is InChI=1S/C21H26O6/c1-3-14-15(8-20-26-18(10-22)19(11-23)27-20)21(17(25)9-16(14)24)13-6-4-5-12(2)7-13/h4-7,9,18-20,22-25H,3,8,10-11H2,1-2H3/t18-,19-/m0/s1. The molecule has 3 rings (SSSR count). The Balaban J connectivity index is 2.05. The number of ether oxygens (including phenoxy) is 2. The number of aromatic hydroxyl groups is 2. The summed E-state index contributed by atoms with van der Waals surface area (Å²) in [5, 5.41) is 39.7. The number of phenols is 2. The quantitative estimate of drug-likeness (QED) is 0.619. The van der Waals surface area contributed by atoms with E-state index in [-0.39, 0.29) is 31.1 Å². The second-order valence-corrected chi connectivity index (χ2v) is 6.82. The molecule has 0 saturated carbocycles. The summed E-state index contributed by atoms with van der Waals surface area (Å²) in [6, 6.07) is 9.13. The van der Waals surface area contributed by atoms with Gasteiger partial charge in [0.25, 0.3) is 0 Å². The molecule has 2 aromatic carbocycles. The van der Waals surface area contributed by atoms with E-state index in [1.807, 2.05) is 38.1 Å². The predicted octanol–water partition coefficient (Wildman–Crippen LogP) is 2.27. The Morgan fingerprint density at radius 1 is 0.926 bits per heavy atom. The van der Waals surface area contributed by atoms with Crippen molar-refractivity contribution in [2.24, 2.45) is 0 Å². The van der Waals surface area contributed by atoms with Crippen molar-refractivity contribution in [1.82, 2.24) is 0 Å². The van der Waals surface area contributed by atoms with Crippen LogP contribution in [-0.2, 0) is 22.3 Å². The average Bonchev–Trinajstić information content (AvgIpc) is 3.04. The van der Waals surface area contributed by atoms with Crippen LogP contribution in [0.5, 0.6) is 11.5 Å². The normalized spacial score (nSPS) is 20.3. The van der Waals surface area contributed by atoms with Crippen molar-refractivity contribution in [1.29, 1.82) is 0 Å². The molecule has 146 valence electrons. The van der Waals surface area contributed by atoms with E-state index < -0.39 is 18.5 Å². The number of benzene rings is 2. The summed E-state index contributed by atoms with van der Waals surface area (Å²) < 4.78 is 11.4. The van der Waals surface area contributed by atoms with Crippen LogP contribution in [0.3, 0.4) is 0 Å². The monoisotopic (exact) mass is 374 g/mol. The van der Waals surface area contributed by atoms with E-state index in [1.165, 1.54) is 6.07 Å². The Bertz CT molecular complexity index is 791. The van der Waals surface area contributed by atoms with Gasteiger partial charge in [-0.15, -0.1) is 0 Å². The zero-order chi connectivity index (χ0) is 19.6. The number of aryl methyl sites for hydroxylation is 1. The van der Waals surface area contributed by atoms with E-state index in [2.05, 4.69) is 0 Å². The fraction of sp³-hybridized carbons (Fsp3) is 0.429. The molecule has 2 aromatic rings. The van der Waals surface area contributed by atoms with Gasteiger partial charge >= 0.3 is 0 Å². The summed E-state index contributed by atoms with van der Waals surface area (Å²) in [6.07, 6.45) is -1.03. The number of aliphatic hydroxyl groups excluding tert-OH is 2. The number of phenolic OH excluding ortho intramolecular Hbond substituents is 2. The Morgan fingerprint density at radius 3 is 2.15 bits per heavy atom. The molecule has 1 fully saturated rings. The van der Waals surface area contributed by atoms with Crippen molar-refractivity contribution >= 4 is 0 Å². The Hall–Kier alpha value is -2.12. The Kier molecular flexibility index (Phi) is 6.01. The average molecular weight is 374 g/mol. The second kappa shape index (κ2) is 8.27. The summed E-state index contributed by atoms with van der Waals surface area (Å²) >= 11 is 0. The maximum atomic E-state index is 10.6. The molecule has 6 nitrogen and oxygen atoms in total. The summed E-state index contributed by atoms with van der Waals surface area (Å²) in [5.74, 6) is 0.0116. The molecular weight excluding hydrogens is 348 g/mol. The maximum Gasteiger partial charge on any atom is 0.162 e. The minimum Gasteiger partial charge on any atom is -0.508 e. The van der Waals surface area contributed by atoms with Crippen molar-refractivity contribution in [3.63, 3.8) is 0 Å². The largest absolute Gasteiger partial charge is 0.508 e. The molecule has 0 aliphatic carbocycles. The second-order valence-electron chi connectivity index (χ2n) is 6.82. The number of hydrogen-bond donors (Lipinski definition) is 4. The lowest BCUT2D eigenvalue weighted by atomic mass is 9.90. The molecule has 4 N–H and O–H groups in total. The van der Waals surface area contributed by atoms with Gasteiger partial charge in [-0.1, -0.05) is 36.8 Å². The predicted molar refractivity (Wildman–Crippen MR) is 101 cm³/mol. The Morgan fingerprint density at radius 2 is 1.59 bits per heavy atom. The third-order valence-corrected chi connectivity index (χ3v) is 4.96. The minimum absolute atomic E-state index is 0.0132. The highest BCUT2D eigenvalue weighted by Gasteiger charge is 2.36. The molecule has 0 bridgehead atoms. The first kappa shape index (κ1) is 19.6. The van der Waals surface area contributed by atoms with Crippen molar-refractivity contribution < 1.29 is 29.9 Å². The molecular formula is C21H26O6. The fourth-order valence-electron chi connectivity index (χ4n) is 3.67. The van der Waals surface area contributed by atoms with E-state index in [0.717, 1.165) is 16.7 Å². The summed E-state index contributed by atoms with van der Waals surface area (Å²) in [7, 11) is 0. The number of hydrogen-bond acceptors (Lipinski definition) is 6. The molecule has 0 unspecified atom stereocenters. The van der Waals surface area contributed by atoms with Gasteiger partial charge in [-0.25, -0.2) is 0 Å². The highest BCUT2D eigenvalue weighted by atomic mass is 16.7. The van der Waals surface area contributed by atoms with Crippen LogP contribution in [-0.4, -0.2) is 52.1 Å². The highest BCUT2D eigenvalue weighted by molar-refractivity contribution is 5.77. The third-order valence-electron chi connectivity index (χ3n) is 4.96. The van der Waals surface area contributed by atoms with Crippen molar-refractivity contribution in [3.05, 3.63) is 47.0 Å². The van der Waals surface area contributed by atoms with Crippen molar-refractivity contribution in [2.45, 2.75) is 45.2 Å². The van der Waals surface area contributed by atoms with Crippen LogP contribution in [0.2, 0.25) is 0 Å². The van der Waals surface area contributed by atoms with Gasteiger partial charge in [-0.05, 0) is 30.0 Å². The van der Waals surface area contributed by atoms with Gasteiger partial charge < -0.3 is 29.9 Å². The van der Waals surface area contributed by atoms with E-state index in [4.69, 9.17) is 9.47 Å². The zero-order valence-electron chi connectivity index (χ0n) is 15.6. The first-order valence-electron chi connectivity index (χ1n) is 9.14. The minimum atomic E-state index is -0.686. The number of rotatable bonds is 6. The summed E-state index contributed by atoms with van der Waals surface area (Å²) in [5.41, 5.74) is 3.98. The first-order valence-corrected chi connectivity index (χ1v) is 9.14. The molecule has 1 saturated heterocycles. The van der Waals surface area contributed by atoms with Gasteiger partial charge in [0.15, 0.2) is 6.29 Å². The van der Waals surface area contributed by atoms with Crippen LogP contribution >= 0.6 is 0 Å². The smallest absolute Gasteiger partial charge is 0.162 e. The van der Waals surface area contributed by atoms with Crippen LogP contribution in [0.1, 0.15) is 23.6 Å². The Labute approximate surface area is 158 Å². The first-order chi connectivity index (χ1) is 13.0. The SMILES string of the molecule is CCc1c(O)cc(O)c(-c2cccc(C)c2)c1CC1O[C@@H](CO)[C@H](CO)O1. The number of aliphatic hydroxyl groups is 2. The molecule has 0 amide bonds. The van der Waals surface area contributed by atoms with Crippen LogP contribution in [0, 0.1) is 6.92 Å². The fourth-order valence-corrected chi connectivity index (χ4v) is 3.67. The van der Waals surface area contributed by atoms with Crippen LogP contribution in [0.25, 0.3) is 11.1 Å². The molecule has 1 aliphatic heterocycles. The van der Waals surface area contributed by atoms with Gasteiger partial charge in [0, 0.05) is 18.1 Å². The van der Waals surface area contributed by atoms with Gasteiger partial charge in [-0.3, -0.25) is 0 Å². The summed E-state index contributed by atoms with van der Waals surface area (Å²) in [4.78, 5) is 0. The summed E-state index contributed by atoms with van der Waals surface area (Å²) in [6.45, 7) is 3.40. The van der Waals surface area contributed by atoms with E-state index >= 15 is 0 Å². The van der Waals surface area contributed by atoms with Gasteiger partial charge in [0.05, 0.1) is 13.2 Å². The van der Waals surface area contributed by atoms with Crippen molar-refractivity contribution in [2.75, 3.05) is 13.2 Å².